The van der Waals surface area contributed by atoms with Crippen LogP contribution in [0.1, 0.15) is 31.8 Å². The van der Waals surface area contributed by atoms with E-state index in [2.05, 4.69) is 10.3 Å². The number of amides is 2. The van der Waals surface area contributed by atoms with E-state index in [1.807, 2.05) is 6.07 Å². The number of nitrogens with one attached hydrogen (secondary N) is 1. The summed E-state index contributed by atoms with van der Waals surface area (Å²) < 4.78 is 0. The maximum absolute atomic E-state index is 11.8. The fourth-order valence-corrected chi connectivity index (χ4v) is 2.20. The van der Waals surface area contributed by atoms with Crippen molar-refractivity contribution in [1.29, 1.82) is 0 Å². The lowest BCUT2D eigenvalue weighted by Gasteiger charge is -2.08. The average molecular weight is 254 g/mol. The quantitative estimate of drug-likeness (QED) is 0.791. The second kappa shape index (κ2) is 4.20. The molecule has 0 fully saturated rings. The summed E-state index contributed by atoms with van der Waals surface area (Å²) >= 11 is 0. The molecule has 5 nitrogen and oxygen atoms in total. The molecule has 0 bridgehead atoms. The molecular weight excluding hydrogens is 244 g/mol. The van der Waals surface area contributed by atoms with Crippen LogP contribution < -0.4 is 5.32 Å². The molecule has 1 aromatic heterocycles. The number of phenols is 1. The van der Waals surface area contributed by atoms with Crippen molar-refractivity contribution >= 4 is 11.8 Å². The summed E-state index contributed by atoms with van der Waals surface area (Å²) in [6.07, 6.45) is 3.66. The SMILES string of the molecule is O=C1NC(=O)c2c1ccc(O)c2Cc1cccnc1. The molecule has 1 aromatic carbocycles. The van der Waals surface area contributed by atoms with Gasteiger partial charge in [-0.25, -0.2) is 0 Å². The molecule has 0 atom stereocenters. The molecule has 2 N–H and O–H groups in total. The van der Waals surface area contributed by atoms with Gasteiger partial charge in [-0.1, -0.05) is 6.07 Å². The Balaban J connectivity index is 2.12. The minimum atomic E-state index is -0.463. The van der Waals surface area contributed by atoms with Gasteiger partial charge in [-0.05, 0) is 23.8 Å². The summed E-state index contributed by atoms with van der Waals surface area (Å²) in [5.74, 6) is -0.880. The molecule has 5 heteroatoms. The number of nitrogens with zero attached hydrogens (tertiary/aromatic N) is 1. The fraction of sp³-hybridized carbons (Fsp3) is 0.0714. The first-order valence-electron chi connectivity index (χ1n) is 5.76. The van der Waals surface area contributed by atoms with Gasteiger partial charge in [-0.15, -0.1) is 0 Å². The van der Waals surface area contributed by atoms with Crippen molar-refractivity contribution in [3.63, 3.8) is 0 Å². The Hall–Kier alpha value is -2.69. The molecule has 0 unspecified atom stereocenters. The molecule has 0 spiro atoms. The van der Waals surface area contributed by atoms with Gasteiger partial charge >= 0.3 is 0 Å². The first-order valence-corrected chi connectivity index (χ1v) is 5.76. The van der Waals surface area contributed by atoms with Gasteiger partial charge in [0.2, 0.25) is 0 Å². The number of hydrogen-bond donors (Lipinski definition) is 2. The lowest BCUT2D eigenvalue weighted by atomic mass is 9.96. The van der Waals surface area contributed by atoms with Crippen LogP contribution in [0.25, 0.3) is 0 Å². The van der Waals surface area contributed by atoms with Gasteiger partial charge in [0.1, 0.15) is 5.75 Å². The van der Waals surface area contributed by atoms with Crippen molar-refractivity contribution in [2.45, 2.75) is 6.42 Å². The maximum Gasteiger partial charge on any atom is 0.259 e. The van der Waals surface area contributed by atoms with Crippen LogP contribution in [0.5, 0.6) is 5.75 Å². The van der Waals surface area contributed by atoms with Crippen molar-refractivity contribution in [1.82, 2.24) is 10.3 Å². The van der Waals surface area contributed by atoms with Gasteiger partial charge < -0.3 is 5.11 Å². The van der Waals surface area contributed by atoms with Crippen LogP contribution in [-0.4, -0.2) is 21.9 Å². The second-order valence-electron chi connectivity index (χ2n) is 4.31. The number of fused-ring (bicyclic) bond motifs is 1. The van der Waals surface area contributed by atoms with Crippen molar-refractivity contribution < 1.29 is 14.7 Å². The molecule has 1 aliphatic rings. The topological polar surface area (TPSA) is 79.3 Å². The number of carbonyl (C=O) groups is 2. The number of pyridine rings is 1. The molecule has 0 radical (unpaired) electrons. The number of rotatable bonds is 2. The summed E-state index contributed by atoms with van der Waals surface area (Å²) in [6, 6.07) is 6.52. The average Bonchev–Trinajstić information content (AvgIpc) is 2.69. The number of benzene rings is 1. The molecular formula is C14H10N2O3. The highest BCUT2D eigenvalue weighted by Gasteiger charge is 2.30. The lowest BCUT2D eigenvalue weighted by molar-refractivity contribution is 0.0879. The summed E-state index contributed by atoms with van der Waals surface area (Å²) in [6.45, 7) is 0. The Bertz CT molecular complexity index is 681. The third kappa shape index (κ3) is 1.85. The zero-order valence-electron chi connectivity index (χ0n) is 9.88. The van der Waals surface area contributed by atoms with E-state index in [0.29, 0.717) is 17.5 Å². The molecule has 0 aliphatic carbocycles. The van der Waals surface area contributed by atoms with Crippen molar-refractivity contribution in [3.8, 4) is 5.75 Å². The van der Waals surface area contributed by atoms with E-state index in [1.54, 1.807) is 18.5 Å². The number of aromatic nitrogens is 1. The molecule has 94 valence electrons. The summed E-state index contributed by atoms with van der Waals surface area (Å²) in [4.78, 5) is 27.3. The van der Waals surface area contributed by atoms with Crippen LogP contribution in [0, 0.1) is 0 Å². The highest BCUT2D eigenvalue weighted by molar-refractivity contribution is 6.22. The minimum Gasteiger partial charge on any atom is -0.508 e. The second-order valence-corrected chi connectivity index (χ2v) is 4.31. The fourth-order valence-electron chi connectivity index (χ4n) is 2.20. The summed E-state index contributed by atoms with van der Waals surface area (Å²) in [5.41, 5.74) is 1.88. The molecule has 2 heterocycles. The van der Waals surface area contributed by atoms with Crippen LogP contribution in [0.3, 0.4) is 0 Å². The Morgan fingerprint density at radius 2 is 2.00 bits per heavy atom. The third-order valence-electron chi connectivity index (χ3n) is 3.09. The van der Waals surface area contributed by atoms with Crippen molar-refractivity contribution in [2.75, 3.05) is 0 Å². The standard InChI is InChI=1S/C14H10N2O3/c17-11-4-3-9-12(14(19)16-13(9)18)10(11)6-8-2-1-5-15-7-8/h1-5,7,17H,6H2,(H,16,18,19). The van der Waals surface area contributed by atoms with Crippen LogP contribution in [0.15, 0.2) is 36.7 Å². The van der Waals surface area contributed by atoms with Crippen LogP contribution in [0.2, 0.25) is 0 Å². The van der Waals surface area contributed by atoms with Crippen LogP contribution >= 0.6 is 0 Å². The molecule has 19 heavy (non-hydrogen) atoms. The molecule has 1 aliphatic heterocycles. The molecule has 2 amide bonds. The van der Waals surface area contributed by atoms with Gasteiger partial charge in [0.25, 0.3) is 11.8 Å². The van der Waals surface area contributed by atoms with Gasteiger partial charge in [-0.2, -0.15) is 0 Å². The molecule has 0 saturated heterocycles. The van der Waals surface area contributed by atoms with Gasteiger partial charge in [0.15, 0.2) is 0 Å². The van der Waals surface area contributed by atoms with Crippen molar-refractivity contribution in [3.05, 3.63) is 58.9 Å². The number of hydrogen-bond acceptors (Lipinski definition) is 4. The largest absolute Gasteiger partial charge is 0.508 e. The van der Waals surface area contributed by atoms with E-state index in [9.17, 15) is 14.7 Å². The predicted molar refractivity (Wildman–Crippen MR) is 66.9 cm³/mol. The maximum atomic E-state index is 11.8. The first kappa shape index (κ1) is 11.4. The Labute approximate surface area is 108 Å². The van der Waals surface area contributed by atoms with E-state index < -0.39 is 11.8 Å². The molecule has 0 saturated carbocycles. The van der Waals surface area contributed by atoms with Gasteiger partial charge in [0, 0.05) is 24.4 Å². The Morgan fingerprint density at radius 1 is 1.16 bits per heavy atom. The zero-order valence-corrected chi connectivity index (χ0v) is 9.88. The van der Waals surface area contributed by atoms with Gasteiger partial charge in [0.05, 0.1) is 11.1 Å². The summed E-state index contributed by atoms with van der Waals surface area (Å²) in [5, 5.41) is 12.2. The van der Waals surface area contributed by atoms with Crippen LogP contribution in [-0.2, 0) is 6.42 Å². The van der Waals surface area contributed by atoms with E-state index in [1.165, 1.54) is 12.1 Å². The number of aromatic hydroxyl groups is 1. The van der Waals surface area contributed by atoms with E-state index in [-0.39, 0.29) is 11.3 Å². The molecule has 2 aromatic rings. The minimum absolute atomic E-state index is 0.00690. The normalized spacial score (nSPS) is 13.3. The Morgan fingerprint density at radius 3 is 2.74 bits per heavy atom. The van der Waals surface area contributed by atoms with Crippen molar-refractivity contribution in [2.24, 2.45) is 0 Å². The highest BCUT2D eigenvalue weighted by Crippen LogP contribution is 2.29. The third-order valence-corrected chi connectivity index (χ3v) is 3.09. The van der Waals surface area contributed by atoms with E-state index in [0.717, 1.165) is 5.56 Å². The smallest absolute Gasteiger partial charge is 0.259 e. The monoisotopic (exact) mass is 254 g/mol. The lowest BCUT2D eigenvalue weighted by Crippen LogP contribution is -2.20. The zero-order chi connectivity index (χ0) is 13.4. The molecule has 3 rings (SSSR count). The highest BCUT2D eigenvalue weighted by atomic mass is 16.3. The number of phenolic OH excluding ortho intramolecular Hbond substituents is 1. The predicted octanol–water partition coefficient (Wildman–Crippen LogP) is 1.26. The number of carbonyl (C=O) groups excluding carboxylic acids is 2. The first-order chi connectivity index (χ1) is 9.16. The van der Waals surface area contributed by atoms with Crippen LogP contribution in [0.4, 0.5) is 0 Å². The Kier molecular flexibility index (Phi) is 2.52. The van der Waals surface area contributed by atoms with E-state index >= 15 is 0 Å². The van der Waals surface area contributed by atoms with Gasteiger partial charge in [-0.3, -0.25) is 19.9 Å². The van der Waals surface area contributed by atoms with E-state index in [4.69, 9.17) is 0 Å². The number of imide groups is 1. The summed E-state index contributed by atoms with van der Waals surface area (Å²) in [7, 11) is 0.